The van der Waals surface area contributed by atoms with Crippen molar-refractivity contribution in [1.29, 1.82) is 0 Å². The fourth-order valence-corrected chi connectivity index (χ4v) is 3.29. The summed E-state index contributed by atoms with van der Waals surface area (Å²) in [4.78, 5) is 18.8. The summed E-state index contributed by atoms with van der Waals surface area (Å²) in [7, 11) is 0. The molecule has 0 bridgehead atoms. The third-order valence-corrected chi connectivity index (χ3v) is 4.57. The molecular formula is C18H24N4O. The minimum atomic E-state index is 0.284. The number of aryl methyl sites for hydroxylation is 2. The van der Waals surface area contributed by atoms with Crippen LogP contribution in [0.5, 0.6) is 0 Å². The number of likely N-dealkylation sites (tertiary alicyclic amines) is 1. The minimum Gasteiger partial charge on any atom is -0.340 e. The van der Waals surface area contributed by atoms with Crippen molar-refractivity contribution in [3.8, 4) is 0 Å². The van der Waals surface area contributed by atoms with Crippen molar-refractivity contribution in [2.45, 2.75) is 51.1 Å². The Kier molecular flexibility index (Phi) is 5.40. The van der Waals surface area contributed by atoms with Gasteiger partial charge in [-0.15, -0.1) is 0 Å². The quantitative estimate of drug-likeness (QED) is 0.824. The summed E-state index contributed by atoms with van der Waals surface area (Å²) in [5.41, 5.74) is 1.18. The normalized spacial score (nSPS) is 18.1. The predicted molar refractivity (Wildman–Crippen MR) is 88.8 cm³/mol. The van der Waals surface area contributed by atoms with E-state index in [0.29, 0.717) is 12.5 Å². The molecule has 2 aromatic heterocycles. The highest BCUT2D eigenvalue weighted by Gasteiger charge is 2.26. The second-order valence-electron chi connectivity index (χ2n) is 6.15. The number of aromatic nitrogens is 3. The summed E-state index contributed by atoms with van der Waals surface area (Å²) in [5, 5.41) is 4.25. The zero-order chi connectivity index (χ0) is 15.9. The lowest BCUT2D eigenvalue weighted by atomic mass is 9.98. The summed E-state index contributed by atoms with van der Waals surface area (Å²) in [6.07, 6.45) is 13.2. The molecule has 122 valence electrons. The Bertz CT molecular complexity index is 597. The van der Waals surface area contributed by atoms with E-state index in [9.17, 15) is 4.79 Å². The molecule has 23 heavy (non-hydrogen) atoms. The lowest BCUT2D eigenvalue weighted by Gasteiger charge is -2.36. The Morgan fingerprint density at radius 2 is 2.09 bits per heavy atom. The van der Waals surface area contributed by atoms with Crippen LogP contribution in [-0.2, 0) is 17.8 Å². The van der Waals surface area contributed by atoms with Gasteiger partial charge in [-0.3, -0.25) is 14.5 Å². The van der Waals surface area contributed by atoms with Gasteiger partial charge in [-0.05, 0) is 55.9 Å². The molecule has 3 rings (SSSR count). The van der Waals surface area contributed by atoms with Crippen molar-refractivity contribution >= 4 is 5.91 Å². The summed E-state index contributed by atoms with van der Waals surface area (Å²) >= 11 is 0. The number of pyridine rings is 1. The summed E-state index contributed by atoms with van der Waals surface area (Å²) in [5.74, 6) is 0.284. The highest BCUT2D eigenvalue weighted by molar-refractivity contribution is 5.76. The molecule has 1 amide bonds. The number of carbonyl (C=O) groups is 1. The molecular weight excluding hydrogens is 288 g/mol. The number of nitrogens with zero attached hydrogens (tertiary/aromatic N) is 4. The van der Waals surface area contributed by atoms with Gasteiger partial charge in [0.15, 0.2) is 0 Å². The minimum absolute atomic E-state index is 0.284. The van der Waals surface area contributed by atoms with Crippen LogP contribution in [0.15, 0.2) is 43.0 Å². The van der Waals surface area contributed by atoms with Crippen molar-refractivity contribution < 1.29 is 4.79 Å². The Balaban J connectivity index is 1.53. The number of hydrogen-bond acceptors (Lipinski definition) is 3. The van der Waals surface area contributed by atoms with Crippen molar-refractivity contribution in [1.82, 2.24) is 19.7 Å². The van der Waals surface area contributed by atoms with E-state index in [-0.39, 0.29) is 5.91 Å². The van der Waals surface area contributed by atoms with Gasteiger partial charge in [-0.1, -0.05) is 0 Å². The van der Waals surface area contributed by atoms with Crippen LogP contribution in [0.4, 0.5) is 0 Å². The van der Waals surface area contributed by atoms with E-state index in [1.165, 1.54) is 12.0 Å². The topological polar surface area (TPSA) is 51.0 Å². The summed E-state index contributed by atoms with van der Waals surface area (Å²) in [6, 6.07) is 6.27. The largest absolute Gasteiger partial charge is 0.340 e. The van der Waals surface area contributed by atoms with Crippen molar-refractivity contribution in [3.63, 3.8) is 0 Å². The van der Waals surface area contributed by atoms with Crippen LogP contribution >= 0.6 is 0 Å². The monoisotopic (exact) mass is 312 g/mol. The lowest BCUT2D eigenvalue weighted by Crippen LogP contribution is -2.44. The van der Waals surface area contributed by atoms with E-state index in [1.54, 1.807) is 18.6 Å². The third kappa shape index (κ3) is 4.41. The summed E-state index contributed by atoms with van der Waals surface area (Å²) < 4.78 is 1.95. The van der Waals surface area contributed by atoms with Gasteiger partial charge in [0, 0.05) is 50.3 Å². The first kappa shape index (κ1) is 15.7. The average molecular weight is 312 g/mol. The summed E-state index contributed by atoms with van der Waals surface area (Å²) in [6.45, 7) is 1.78. The van der Waals surface area contributed by atoms with Gasteiger partial charge in [0.25, 0.3) is 0 Å². The molecule has 0 N–H and O–H groups in total. The first-order chi connectivity index (χ1) is 11.3. The molecule has 2 aromatic rings. The van der Waals surface area contributed by atoms with Crippen LogP contribution in [-0.4, -0.2) is 38.2 Å². The number of carbonyl (C=O) groups excluding carboxylic acids is 1. The van der Waals surface area contributed by atoms with Crippen LogP contribution in [0.3, 0.4) is 0 Å². The van der Waals surface area contributed by atoms with Gasteiger partial charge in [0.05, 0.1) is 0 Å². The number of hydrogen-bond donors (Lipinski definition) is 0. The molecule has 1 fully saturated rings. The van der Waals surface area contributed by atoms with Crippen molar-refractivity contribution in [2.75, 3.05) is 6.54 Å². The maximum Gasteiger partial charge on any atom is 0.223 e. The number of rotatable bonds is 6. The molecule has 5 heteroatoms. The van der Waals surface area contributed by atoms with Crippen molar-refractivity contribution in [2.24, 2.45) is 0 Å². The standard InChI is InChI=1S/C18H24N4O/c23-18(6-5-16-7-11-19-12-8-16)22-14-2-1-4-17(22)9-15-21-13-3-10-20-21/h3,7-8,10-13,17H,1-2,4-6,9,14-15H2. The number of piperidine rings is 1. The third-order valence-electron chi connectivity index (χ3n) is 4.57. The molecule has 0 aromatic carbocycles. The van der Waals surface area contributed by atoms with Gasteiger partial charge in [0.1, 0.15) is 0 Å². The van der Waals surface area contributed by atoms with E-state index in [1.807, 2.05) is 29.1 Å². The molecule has 0 radical (unpaired) electrons. The van der Waals surface area contributed by atoms with Crippen LogP contribution in [0.2, 0.25) is 0 Å². The smallest absolute Gasteiger partial charge is 0.223 e. The Labute approximate surface area is 137 Å². The van der Waals surface area contributed by atoms with E-state index in [2.05, 4.69) is 15.0 Å². The van der Waals surface area contributed by atoms with Crippen LogP contribution in [0, 0.1) is 0 Å². The first-order valence-corrected chi connectivity index (χ1v) is 8.49. The Morgan fingerprint density at radius 3 is 2.87 bits per heavy atom. The number of amides is 1. The van der Waals surface area contributed by atoms with E-state index in [4.69, 9.17) is 0 Å². The lowest BCUT2D eigenvalue weighted by molar-refractivity contribution is -0.135. The van der Waals surface area contributed by atoms with Gasteiger partial charge in [-0.2, -0.15) is 5.10 Å². The molecule has 1 saturated heterocycles. The molecule has 1 aliphatic heterocycles. The second-order valence-corrected chi connectivity index (χ2v) is 6.15. The fourth-order valence-electron chi connectivity index (χ4n) is 3.29. The molecule has 0 saturated carbocycles. The highest BCUT2D eigenvalue weighted by Crippen LogP contribution is 2.21. The SMILES string of the molecule is O=C(CCc1ccncc1)N1CCCCC1CCn1cccn1. The van der Waals surface area contributed by atoms with E-state index in [0.717, 1.165) is 38.8 Å². The van der Waals surface area contributed by atoms with Crippen LogP contribution in [0.1, 0.15) is 37.7 Å². The Morgan fingerprint density at radius 1 is 1.22 bits per heavy atom. The molecule has 3 heterocycles. The van der Waals surface area contributed by atoms with Gasteiger partial charge in [0.2, 0.25) is 5.91 Å². The van der Waals surface area contributed by atoms with Crippen LogP contribution < -0.4 is 0 Å². The zero-order valence-electron chi connectivity index (χ0n) is 13.5. The maximum absolute atomic E-state index is 12.6. The highest BCUT2D eigenvalue weighted by atomic mass is 16.2. The van der Waals surface area contributed by atoms with Crippen LogP contribution in [0.25, 0.3) is 0 Å². The van der Waals surface area contributed by atoms with Gasteiger partial charge < -0.3 is 4.90 Å². The van der Waals surface area contributed by atoms with Gasteiger partial charge >= 0.3 is 0 Å². The first-order valence-electron chi connectivity index (χ1n) is 8.49. The molecule has 5 nitrogen and oxygen atoms in total. The average Bonchev–Trinajstić information content (AvgIpc) is 3.12. The second kappa shape index (κ2) is 7.90. The fraction of sp³-hybridized carbons (Fsp3) is 0.500. The predicted octanol–water partition coefficient (Wildman–Crippen LogP) is 2.68. The molecule has 0 spiro atoms. The zero-order valence-corrected chi connectivity index (χ0v) is 13.5. The maximum atomic E-state index is 12.6. The molecule has 0 aliphatic carbocycles. The molecule has 1 aliphatic rings. The van der Waals surface area contributed by atoms with E-state index >= 15 is 0 Å². The Hall–Kier alpha value is -2.17. The molecule has 1 atom stereocenters. The van der Waals surface area contributed by atoms with E-state index < -0.39 is 0 Å². The van der Waals surface area contributed by atoms with Gasteiger partial charge in [-0.25, -0.2) is 0 Å². The van der Waals surface area contributed by atoms with Crippen molar-refractivity contribution in [3.05, 3.63) is 48.5 Å². The molecule has 1 unspecified atom stereocenters.